The van der Waals surface area contributed by atoms with Gasteiger partial charge in [-0.2, -0.15) is 0 Å². The SMILES string of the molecule is c1ccc(-c2ccc(-n3c4ccccc4c4c3ccc3c5ccccc5n(-c5cccc6c5c5ccccc5n6-c5ccccc5)c34)cc2)cc1. The molecule has 11 aromatic rings. The molecule has 11 rings (SSSR count). The fourth-order valence-electron chi connectivity index (χ4n) is 8.51. The number of fused-ring (bicyclic) bond motifs is 10. The average Bonchev–Trinajstić information content (AvgIpc) is 3.84. The van der Waals surface area contributed by atoms with Crippen LogP contribution in [0.25, 0.3) is 93.6 Å². The summed E-state index contributed by atoms with van der Waals surface area (Å²) in [5.74, 6) is 0. The Balaban J connectivity index is 1.27. The summed E-state index contributed by atoms with van der Waals surface area (Å²) in [6.45, 7) is 0. The molecule has 3 heteroatoms. The van der Waals surface area contributed by atoms with Gasteiger partial charge in [-0.1, -0.05) is 127 Å². The van der Waals surface area contributed by atoms with E-state index in [-0.39, 0.29) is 0 Å². The van der Waals surface area contributed by atoms with Gasteiger partial charge in [-0.15, -0.1) is 0 Å². The van der Waals surface area contributed by atoms with Crippen molar-refractivity contribution in [3.63, 3.8) is 0 Å². The van der Waals surface area contributed by atoms with Crippen LogP contribution in [0.3, 0.4) is 0 Å². The maximum atomic E-state index is 2.53. The van der Waals surface area contributed by atoms with Gasteiger partial charge in [0.15, 0.2) is 0 Å². The number of hydrogen-bond donors (Lipinski definition) is 0. The van der Waals surface area contributed by atoms with E-state index in [1.807, 2.05) is 0 Å². The van der Waals surface area contributed by atoms with Crippen molar-refractivity contribution in [2.24, 2.45) is 0 Å². The minimum Gasteiger partial charge on any atom is -0.309 e. The second kappa shape index (κ2) is 10.8. The van der Waals surface area contributed by atoms with Crippen LogP contribution in [-0.2, 0) is 0 Å². The third-order valence-corrected chi connectivity index (χ3v) is 10.6. The molecule has 3 aromatic heterocycles. The van der Waals surface area contributed by atoms with Crippen molar-refractivity contribution in [2.75, 3.05) is 0 Å². The van der Waals surface area contributed by atoms with Crippen LogP contribution in [0.5, 0.6) is 0 Å². The summed E-state index contributed by atoms with van der Waals surface area (Å²) in [7, 11) is 0. The maximum Gasteiger partial charge on any atom is 0.0641 e. The zero-order chi connectivity index (χ0) is 33.5. The number of hydrogen-bond acceptors (Lipinski definition) is 0. The highest BCUT2D eigenvalue weighted by Gasteiger charge is 2.23. The summed E-state index contributed by atoms with van der Waals surface area (Å²) in [6, 6.07) is 68.3. The van der Waals surface area contributed by atoms with E-state index in [9.17, 15) is 0 Å². The number of nitrogens with zero attached hydrogens (tertiary/aromatic N) is 3. The third-order valence-electron chi connectivity index (χ3n) is 10.6. The average molecular weight is 650 g/mol. The molecule has 0 saturated carbocycles. The van der Waals surface area contributed by atoms with Gasteiger partial charge in [0.1, 0.15) is 0 Å². The molecule has 0 aliphatic rings. The minimum absolute atomic E-state index is 1.15. The van der Waals surface area contributed by atoms with Crippen LogP contribution in [0.1, 0.15) is 0 Å². The van der Waals surface area contributed by atoms with E-state index in [1.54, 1.807) is 0 Å². The Bertz CT molecular complexity index is 3110. The molecule has 0 fully saturated rings. The monoisotopic (exact) mass is 649 g/mol. The topological polar surface area (TPSA) is 14.8 Å². The lowest BCUT2D eigenvalue weighted by molar-refractivity contribution is 1.17. The molecular formula is C48H31N3. The van der Waals surface area contributed by atoms with Crippen LogP contribution in [0, 0.1) is 0 Å². The summed E-state index contributed by atoms with van der Waals surface area (Å²) in [5.41, 5.74) is 13.1. The molecule has 0 N–H and O–H groups in total. The van der Waals surface area contributed by atoms with Crippen molar-refractivity contribution < 1.29 is 0 Å². The van der Waals surface area contributed by atoms with Crippen LogP contribution < -0.4 is 0 Å². The molecule has 0 saturated heterocycles. The van der Waals surface area contributed by atoms with Gasteiger partial charge in [-0.05, 0) is 71.8 Å². The van der Waals surface area contributed by atoms with Crippen molar-refractivity contribution in [3.8, 4) is 28.2 Å². The van der Waals surface area contributed by atoms with Gasteiger partial charge in [0.25, 0.3) is 0 Å². The fraction of sp³-hybridized carbons (Fsp3) is 0. The molecule has 0 amide bonds. The van der Waals surface area contributed by atoms with E-state index in [0.29, 0.717) is 0 Å². The van der Waals surface area contributed by atoms with Crippen molar-refractivity contribution in [1.29, 1.82) is 0 Å². The highest BCUT2D eigenvalue weighted by molar-refractivity contribution is 6.27. The molecule has 8 aromatic carbocycles. The van der Waals surface area contributed by atoms with E-state index in [1.165, 1.54) is 82.2 Å². The Morgan fingerprint density at radius 2 is 0.745 bits per heavy atom. The zero-order valence-electron chi connectivity index (χ0n) is 27.7. The molecule has 3 nitrogen and oxygen atoms in total. The summed E-state index contributed by atoms with van der Waals surface area (Å²) in [4.78, 5) is 0. The van der Waals surface area contributed by atoms with Gasteiger partial charge in [-0.3, -0.25) is 0 Å². The molecule has 51 heavy (non-hydrogen) atoms. The molecule has 0 spiro atoms. The molecule has 0 radical (unpaired) electrons. The first-order valence-corrected chi connectivity index (χ1v) is 17.5. The number of benzene rings is 8. The van der Waals surface area contributed by atoms with E-state index < -0.39 is 0 Å². The molecular weight excluding hydrogens is 619 g/mol. The van der Waals surface area contributed by atoms with Crippen LogP contribution in [0.15, 0.2) is 188 Å². The number of para-hydroxylation sites is 4. The van der Waals surface area contributed by atoms with Crippen molar-refractivity contribution >= 4 is 65.4 Å². The Hall–Kier alpha value is -6.84. The Morgan fingerprint density at radius 1 is 0.255 bits per heavy atom. The smallest absolute Gasteiger partial charge is 0.0641 e. The third kappa shape index (κ3) is 4.00. The predicted molar refractivity (Wildman–Crippen MR) is 215 cm³/mol. The van der Waals surface area contributed by atoms with E-state index >= 15 is 0 Å². The maximum absolute atomic E-state index is 2.53. The van der Waals surface area contributed by atoms with Crippen molar-refractivity contribution in [1.82, 2.24) is 13.7 Å². The van der Waals surface area contributed by atoms with E-state index in [2.05, 4.69) is 202 Å². The highest BCUT2D eigenvalue weighted by Crippen LogP contribution is 2.44. The van der Waals surface area contributed by atoms with Crippen LogP contribution in [0.2, 0.25) is 0 Å². The van der Waals surface area contributed by atoms with E-state index in [4.69, 9.17) is 0 Å². The summed E-state index contributed by atoms with van der Waals surface area (Å²) in [6.07, 6.45) is 0. The lowest BCUT2D eigenvalue weighted by Crippen LogP contribution is -1.97. The lowest BCUT2D eigenvalue weighted by Gasteiger charge is -2.13. The first-order valence-electron chi connectivity index (χ1n) is 17.5. The number of rotatable bonds is 4. The molecule has 238 valence electrons. The Labute approximate surface area is 294 Å². The standard InChI is InChI=1S/C48H31N3/c1-3-14-32(15-4-1)33-26-28-35(29-27-33)50-42-23-12-9-20-39(42)47-45(50)31-30-37-36-18-7-10-21-40(36)51(48(37)47)44-25-13-24-43-46(44)38-19-8-11-22-41(38)49(43)34-16-5-2-6-17-34/h1-31H. The van der Waals surface area contributed by atoms with Crippen molar-refractivity contribution in [2.45, 2.75) is 0 Å². The minimum atomic E-state index is 1.15. The normalized spacial score (nSPS) is 11.9. The van der Waals surface area contributed by atoms with Crippen LogP contribution >= 0.6 is 0 Å². The van der Waals surface area contributed by atoms with Gasteiger partial charge < -0.3 is 13.7 Å². The predicted octanol–water partition coefficient (Wildman–Crippen LogP) is 12.6. The van der Waals surface area contributed by atoms with Crippen LogP contribution in [-0.4, -0.2) is 13.7 Å². The molecule has 3 heterocycles. The molecule has 0 aliphatic heterocycles. The van der Waals surface area contributed by atoms with Crippen molar-refractivity contribution in [3.05, 3.63) is 188 Å². The molecule has 0 aliphatic carbocycles. The van der Waals surface area contributed by atoms with Gasteiger partial charge in [0.2, 0.25) is 0 Å². The largest absolute Gasteiger partial charge is 0.309 e. The van der Waals surface area contributed by atoms with Gasteiger partial charge >= 0.3 is 0 Å². The summed E-state index contributed by atoms with van der Waals surface area (Å²) < 4.78 is 7.37. The first-order chi connectivity index (χ1) is 25.3. The summed E-state index contributed by atoms with van der Waals surface area (Å²) >= 11 is 0. The summed E-state index contributed by atoms with van der Waals surface area (Å²) in [5, 5.41) is 7.50. The molecule has 0 atom stereocenters. The van der Waals surface area contributed by atoms with Crippen LogP contribution in [0.4, 0.5) is 0 Å². The van der Waals surface area contributed by atoms with Gasteiger partial charge in [0.05, 0.1) is 38.8 Å². The second-order valence-corrected chi connectivity index (χ2v) is 13.3. The lowest BCUT2D eigenvalue weighted by atomic mass is 10.1. The second-order valence-electron chi connectivity index (χ2n) is 13.3. The quantitative estimate of drug-likeness (QED) is 0.180. The fourth-order valence-corrected chi connectivity index (χ4v) is 8.51. The zero-order valence-corrected chi connectivity index (χ0v) is 27.7. The Kier molecular flexibility index (Phi) is 5.96. The van der Waals surface area contributed by atoms with Gasteiger partial charge in [-0.25, -0.2) is 0 Å². The first kappa shape index (κ1) is 28.0. The molecule has 0 bridgehead atoms. The van der Waals surface area contributed by atoms with Gasteiger partial charge in [0, 0.05) is 43.7 Å². The molecule has 0 unspecified atom stereocenters. The van der Waals surface area contributed by atoms with E-state index in [0.717, 1.165) is 11.4 Å². The Morgan fingerprint density at radius 3 is 1.43 bits per heavy atom. The number of aromatic nitrogens is 3. The highest BCUT2D eigenvalue weighted by atomic mass is 15.0.